The van der Waals surface area contributed by atoms with Crippen LogP contribution in [-0.4, -0.2) is 51.1 Å². The van der Waals surface area contributed by atoms with E-state index >= 15 is 0 Å². The van der Waals surface area contributed by atoms with E-state index in [1.807, 2.05) is 11.8 Å². The molecule has 2 aliphatic heterocycles. The number of nitrogens with one attached hydrogen (secondary N) is 1. The molecule has 0 saturated carbocycles. The van der Waals surface area contributed by atoms with Crippen LogP contribution in [0.2, 0.25) is 5.02 Å². The van der Waals surface area contributed by atoms with Crippen molar-refractivity contribution in [3.8, 4) is 0 Å². The molecule has 2 aliphatic rings. The number of carbonyl (C=O) groups is 1. The molecule has 2 heterocycles. The number of halogens is 1. The molecule has 6 nitrogen and oxygen atoms in total. The number of benzene rings is 1. The van der Waals surface area contributed by atoms with Gasteiger partial charge in [-0.05, 0) is 57.2 Å². The van der Waals surface area contributed by atoms with Crippen LogP contribution >= 0.6 is 11.6 Å². The maximum absolute atomic E-state index is 12.8. The first-order chi connectivity index (χ1) is 12.4. The molecule has 8 heteroatoms. The van der Waals surface area contributed by atoms with Crippen LogP contribution in [0.5, 0.6) is 0 Å². The third-order valence-electron chi connectivity index (χ3n) is 5.06. The third kappa shape index (κ3) is 4.39. The van der Waals surface area contributed by atoms with E-state index in [0.717, 1.165) is 32.1 Å². The number of sulfonamides is 1. The largest absolute Gasteiger partial charge is 0.377 e. The second kappa shape index (κ2) is 8.25. The van der Waals surface area contributed by atoms with Gasteiger partial charge in [-0.3, -0.25) is 4.79 Å². The lowest BCUT2D eigenvalue weighted by molar-refractivity contribution is 0.0635. The molecule has 3 rings (SSSR count). The van der Waals surface area contributed by atoms with Gasteiger partial charge in [0.2, 0.25) is 10.0 Å². The zero-order valence-corrected chi connectivity index (χ0v) is 16.5. The maximum atomic E-state index is 12.8. The van der Waals surface area contributed by atoms with Crippen LogP contribution in [-0.2, 0) is 14.8 Å². The lowest BCUT2D eigenvalue weighted by Gasteiger charge is -2.33. The van der Waals surface area contributed by atoms with Crippen molar-refractivity contribution >= 4 is 27.5 Å². The Hall–Kier alpha value is -1.15. The Morgan fingerprint density at radius 2 is 2.12 bits per heavy atom. The molecule has 1 aromatic rings. The van der Waals surface area contributed by atoms with E-state index in [9.17, 15) is 13.2 Å². The molecule has 0 spiro atoms. The zero-order valence-electron chi connectivity index (χ0n) is 14.9. The Balaban J connectivity index is 1.79. The Morgan fingerprint density at radius 3 is 2.81 bits per heavy atom. The molecule has 2 fully saturated rings. The highest BCUT2D eigenvalue weighted by molar-refractivity contribution is 7.89. The summed E-state index contributed by atoms with van der Waals surface area (Å²) in [4.78, 5) is 14.6. The summed E-state index contributed by atoms with van der Waals surface area (Å²) >= 11 is 6.12. The Kier molecular flexibility index (Phi) is 6.22. The number of hydrogen-bond donors (Lipinski definition) is 1. The molecule has 0 bridgehead atoms. The highest BCUT2D eigenvalue weighted by Crippen LogP contribution is 2.25. The van der Waals surface area contributed by atoms with Gasteiger partial charge in [-0.15, -0.1) is 0 Å². The van der Waals surface area contributed by atoms with Crippen molar-refractivity contribution < 1.29 is 17.9 Å². The van der Waals surface area contributed by atoms with E-state index in [0.29, 0.717) is 18.7 Å². The molecule has 1 N–H and O–H groups in total. The van der Waals surface area contributed by atoms with E-state index < -0.39 is 10.0 Å². The van der Waals surface area contributed by atoms with Crippen LogP contribution in [0.4, 0.5) is 0 Å². The quantitative estimate of drug-likeness (QED) is 0.824. The van der Waals surface area contributed by atoms with Crippen molar-refractivity contribution in [3.05, 3.63) is 28.8 Å². The number of hydrogen-bond acceptors (Lipinski definition) is 4. The molecule has 26 heavy (non-hydrogen) atoms. The summed E-state index contributed by atoms with van der Waals surface area (Å²) in [7, 11) is -3.81. The second-order valence-electron chi connectivity index (χ2n) is 6.98. The first kappa shape index (κ1) is 19.6. The van der Waals surface area contributed by atoms with Crippen LogP contribution in [0.1, 0.15) is 49.4 Å². The third-order valence-corrected chi connectivity index (χ3v) is 6.96. The maximum Gasteiger partial charge on any atom is 0.254 e. The number of piperidine rings is 1. The molecule has 1 amide bonds. The first-order valence-corrected chi connectivity index (χ1v) is 11.0. The highest BCUT2D eigenvalue weighted by atomic mass is 35.5. The molecule has 2 unspecified atom stereocenters. The summed E-state index contributed by atoms with van der Waals surface area (Å²) in [5.41, 5.74) is 0.348. The summed E-state index contributed by atoms with van der Waals surface area (Å²) in [5.74, 6) is -0.149. The molecule has 2 atom stereocenters. The Bertz CT molecular complexity index is 762. The predicted molar refractivity (Wildman–Crippen MR) is 100.0 cm³/mol. The molecule has 0 aliphatic carbocycles. The van der Waals surface area contributed by atoms with Gasteiger partial charge in [0.1, 0.15) is 4.90 Å². The monoisotopic (exact) mass is 400 g/mol. The van der Waals surface area contributed by atoms with Crippen LogP contribution in [0.15, 0.2) is 23.1 Å². The summed E-state index contributed by atoms with van der Waals surface area (Å²) in [6.45, 7) is 3.58. The smallest absolute Gasteiger partial charge is 0.254 e. The van der Waals surface area contributed by atoms with Crippen molar-refractivity contribution in [2.45, 2.75) is 56.1 Å². The van der Waals surface area contributed by atoms with Crippen molar-refractivity contribution in [1.82, 2.24) is 9.62 Å². The lowest BCUT2D eigenvalue weighted by Crippen LogP contribution is -2.42. The predicted octanol–water partition coefficient (Wildman–Crippen LogP) is 2.81. The van der Waals surface area contributed by atoms with Gasteiger partial charge in [-0.1, -0.05) is 11.6 Å². The summed E-state index contributed by atoms with van der Waals surface area (Å²) in [6, 6.07) is 4.60. The lowest BCUT2D eigenvalue weighted by atomic mass is 10.0. The number of likely N-dealkylation sites (tertiary alicyclic amines) is 1. The minimum Gasteiger partial charge on any atom is -0.377 e. The van der Waals surface area contributed by atoms with Gasteiger partial charge >= 0.3 is 0 Å². The molecule has 144 valence electrons. The molecule has 0 aromatic heterocycles. The molecule has 1 aromatic carbocycles. The number of ether oxygens (including phenoxy) is 1. The highest BCUT2D eigenvalue weighted by Gasteiger charge is 2.27. The van der Waals surface area contributed by atoms with Crippen LogP contribution in [0.25, 0.3) is 0 Å². The Morgan fingerprint density at radius 1 is 1.31 bits per heavy atom. The molecular weight excluding hydrogens is 376 g/mol. The van der Waals surface area contributed by atoms with Gasteiger partial charge in [0.25, 0.3) is 5.91 Å². The van der Waals surface area contributed by atoms with E-state index in [4.69, 9.17) is 16.3 Å². The van der Waals surface area contributed by atoms with E-state index in [2.05, 4.69) is 4.72 Å². The van der Waals surface area contributed by atoms with Gasteiger partial charge in [0.15, 0.2) is 0 Å². The number of carbonyl (C=O) groups excluding carboxylic acids is 1. The zero-order chi connectivity index (χ0) is 18.7. The second-order valence-corrected chi connectivity index (χ2v) is 9.12. The summed E-state index contributed by atoms with van der Waals surface area (Å²) < 4.78 is 33.3. The molecule has 2 saturated heterocycles. The van der Waals surface area contributed by atoms with E-state index in [-0.39, 0.29) is 34.5 Å². The number of rotatable bonds is 5. The number of nitrogens with zero attached hydrogens (tertiary/aromatic N) is 1. The normalized spacial score (nSPS) is 24.0. The molecular formula is C18H25ClN2O4S. The summed E-state index contributed by atoms with van der Waals surface area (Å²) in [5, 5.41) is 0.105. The van der Waals surface area contributed by atoms with Crippen molar-refractivity contribution in [1.29, 1.82) is 0 Å². The fourth-order valence-electron chi connectivity index (χ4n) is 3.49. The van der Waals surface area contributed by atoms with Crippen molar-refractivity contribution in [2.75, 3.05) is 19.7 Å². The van der Waals surface area contributed by atoms with Gasteiger partial charge in [0, 0.05) is 31.3 Å². The fourth-order valence-corrected chi connectivity index (χ4v) is 5.08. The van der Waals surface area contributed by atoms with Crippen LogP contribution in [0.3, 0.4) is 0 Å². The fraction of sp³-hybridized carbons (Fsp3) is 0.611. The van der Waals surface area contributed by atoms with Crippen molar-refractivity contribution in [2.24, 2.45) is 0 Å². The van der Waals surface area contributed by atoms with Gasteiger partial charge in [-0.25, -0.2) is 13.1 Å². The van der Waals surface area contributed by atoms with Gasteiger partial charge < -0.3 is 9.64 Å². The average Bonchev–Trinajstić information content (AvgIpc) is 3.14. The SMILES string of the molecule is CC1CCCCN1C(=O)c1ccc(Cl)c(S(=O)(=O)NCC2CCCO2)c1. The molecule has 0 radical (unpaired) electrons. The minimum absolute atomic E-state index is 0.0623. The van der Waals surface area contributed by atoms with Crippen molar-refractivity contribution in [3.63, 3.8) is 0 Å². The van der Waals surface area contributed by atoms with E-state index in [1.54, 1.807) is 6.07 Å². The van der Waals surface area contributed by atoms with Crippen LogP contribution < -0.4 is 4.72 Å². The minimum atomic E-state index is -3.81. The first-order valence-electron chi connectivity index (χ1n) is 9.10. The standard InChI is InChI=1S/C18H25ClN2O4S/c1-13-5-2-3-9-21(13)18(22)14-7-8-16(19)17(11-14)26(23,24)20-12-15-6-4-10-25-15/h7-8,11,13,15,20H,2-6,9-10,12H2,1H3. The van der Waals surface area contributed by atoms with Gasteiger partial charge in [0.05, 0.1) is 11.1 Å². The topological polar surface area (TPSA) is 75.7 Å². The Labute approximate surface area is 159 Å². The average molecular weight is 401 g/mol. The van der Waals surface area contributed by atoms with Crippen LogP contribution in [0, 0.1) is 0 Å². The number of amides is 1. The van der Waals surface area contributed by atoms with Gasteiger partial charge in [-0.2, -0.15) is 0 Å². The van der Waals surface area contributed by atoms with E-state index in [1.165, 1.54) is 12.1 Å². The summed E-state index contributed by atoms with van der Waals surface area (Å²) in [6.07, 6.45) is 4.71.